The number of pyridine rings is 2. The molecule has 0 aromatic carbocycles. The second-order valence-electron chi connectivity index (χ2n) is 9.06. The highest BCUT2D eigenvalue weighted by Crippen LogP contribution is 2.24. The summed E-state index contributed by atoms with van der Waals surface area (Å²) >= 11 is 0. The van der Waals surface area contributed by atoms with Crippen molar-refractivity contribution in [2.75, 3.05) is 26.7 Å². The summed E-state index contributed by atoms with van der Waals surface area (Å²) in [6.07, 6.45) is 2.72. The fourth-order valence-electron chi connectivity index (χ4n) is 3.79. The van der Waals surface area contributed by atoms with Gasteiger partial charge in [0.15, 0.2) is 0 Å². The van der Waals surface area contributed by atoms with E-state index in [1.54, 1.807) is 26.3 Å². The Hall–Kier alpha value is -2.45. The van der Waals surface area contributed by atoms with Crippen molar-refractivity contribution in [2.24, 2.45) is 0 Å². The number of likely N-dealkylation sites (tertiary alicyclic amines) is 1. The lowest BCUT2D eigenvalue weighted by atomic mass is 9.89. The van der Waals surface area contributed by atoms with Crippen molar-refractivity contribution < 1.29 is 19.4 Å². The lowest BCUT2D eigenvalue weighted by Crippen LogP contribution is -2.61. The lowest BCUT2D eigenvalue weighted by molar-refractivity contribution is -0.0456. The van der Waals surface area contributed by atoms with Crippen LogP contribution in [0.4, 0.5) is 4.79 Å². The number of amides is 1. The van der Waals surface area contributed by atoms with Gasteiger partial charge in [0, 0.05) is 31.9 Å². The molecule has 2 aromatic heterocycles. The second-order valence-corrected chi connectivity index (χ2v) is 9.06. The first kappa shape index (κ1) is 22.2. The van der Waals surface area contributed by atoms with Crippen LogP contribution in [0.5, 0.6) is 5.88 Å². The fraction of sp³-hybridized carbons (Fsp3) is 0.591. The number of hydrogen-bond donors (Lipinski definition) is 2. The van der Waals surface area contributed by atoms with E-state index in [9.17, 15) is 9.90 Å². The Morgan fingerprint density at radius 2 is 2.13 bits per heavy atom. The van der Waals surface area contributed by atoms with E-state index >= 15 is 0 Å². The molecule has 30 heavy (non-hydrogen) atoms. The normalized spacial score (nSPS) is 22.7. The van der Waals surface area contributed by atoms with Crippen molar-refractivity contribution in [3.63, 3.8) is 0 Å². The Labute approximate surface area is 177 Å². The van der Waals surface area contributed by atoms with Crippen molar-refractivity contribution in [1.82, 2.24) is 20.2 Å². The van der Waals surface area contributed by atoms with E-state index in [0.717, 1.165) is 36.1 Å². The number of alkyl carbamates (subject to hydrolysis) is 1. The monoisotopic (exact) mass is 416 g/mol. The second kappa shape index (κ2) is 8.73. The van der Waals surface area contributed by atoms with E-state index in [0.29, 0.717) is 18.8 Å². The maximum absolute atomic E-state index is 12.1. The van der Waals surface area contributed by atoms with E-state index in [4.69, 9.17) is 9.47 Å². The molecule has 1 saturated heterocycles. The summed E-state index contributed by atoms with van der Waals surface area (Å²) in [6.45, 7) is 9.23. The Kier molecular flexibility index (Phi) is 6.47. The zero-order chi connectivity index (χ0) is 21.9. The first-order valence-corrected chi connectivity index (χ1v) is 10.3. The predicted octanol–water partition coefficient (Wildman–Crippen LogP) is 2.53. The van der Waals surface area contributed by atoms with Crippen LogP contribution in [0.25, 0.3) is 11.0 Å². The van der Waals surface area contributed by atoms with Gasteiger partial charge in [0.25, 0.3) is 0 Å². The number of nitrogens with one attached hydrogen (secondary N) is 1. The molecule has 3 heterocycles. The molecule has 0 aliphatic carbocycles. The molecule has 1 aliphatic rings. The molecular formula is C22H32N4O4. The molecule has 8 nitrogen and oxygen atoms in total. The quantitative estimate of drug-likeness (QED) is 0.773. The van der Waals surface area contributed by atoms with Crippen molar-refractivity contribution in [1.29, 1.82) is 0 Å². The summed E-state index contributed by atoms with van der Waals surface area (Å²) in [5.41, 5.74) is 1.15. The number of hydrogen-bond acceptors (Lipinski definition) is 7. The first-order chi connectivity index (χ1) is 14.1. The van der Waals surface area contributed by atoms with Gasteiger partial charge in [-0.05, 0) is 58.2 Å². The zero-order valence-electron chi connectivity index (χ0n) is 18.4. The van der Waals surface area contributed by atoms with Crippen molar-refractivity contribution in [3.05, 3.63) is 30.0 Å². The van der Waals surface area contributed by atoms with Crippen LogP contribution in [-0.2, 0) is 11.2 Å². The molecule has 0 bridgehead atoms. The summed E-state index contributed by atoms with van der Waals surface area (Å²) in [5, 5.41) is 13.8. The Bertz CT molecular complexity index is 894. The predicted molar refractivity (Wildman–Crippen MR) is 115 cm³/mol. The summed E-state index contributed by atoms with van der Waals surface area (Å²) in [4.78, 5) is 23.2. The summed E-state index contributed by atoms with van der Waals surface area (Å²) in [6, 6.07) is 5.34. The topological polar surface area (TPSA) is 96.8 Å². The molecular weight excluding hydrogens is 384 g/mol. The maximum atomic E-state index is 12.1. The lowest BCUT2D eigenvalue weighted by Gasteiger charge is -2.43. The molecule has 2 atom stereocenters. The molecule has 1 fully saturated rings. The molecule has 2 N–H and O–H groups in total. The van der Waals surface area contributed by atoms with Gasteiger partial charge in [0.2, 0.25) is 5.88 Å². The SMILES string of the molecule is COc1ccc2nccc(CCN3CCC(NC(=O)OC(C)(C)C)C(C)(O)C3)c2n1. The number of nitrogens with zero attached hydrogens (tertiary/aromatic N) is 3. The number of β-amino-alcohol motifs (C(OH)–C–C–N with tert-alkyl or cyclic N) is 1. The molecule has 8 heteroatoms. The Morgan fingerprint density at radius 3 is 2.80 bits per heavy atom. The number of aliphatic hydroxyl groups is 1. The summed E-state index contributed by atoms with van der Waals surface area (Å²) in [7, 11) is 1.60. The van der Waals surface area contributed by atoms with Gasteiger partial charge in [0.05, 0.1) is 29.8 Å². The van der Waals surface area contributed by atoms with Crippen LogP contribution in [-0.4, -0.2) is 70.1 Å². The van der Waals surface area contributed by atoms with Gasteiger partial charge in [-0.2, -0.15) is 0 Å². The molecule has 0 spiro atoms. The number of aromatic nitrogens is 2. The minimum absolute atomic E-state index is 0.351. The highest BCUT2D eigenvalue weighted by molar-refractivity contribution is 5.78. The molecule has 0 radical (unpaired) electrons. The minimum atomic E-state index is -1.04. The van der Waals surface area contributed by atoms with Gasteiger partial charge in [0.1, 0.15) is 5.60 Å². The molecule has 0 saturated carbocycles. The smallest absolute Gasteiger partial charge is 0.407 e. The Balaban J connectivity index is 1.61. The van der Waals surface area contributed by atoms with Crippen LogP contribution in [0.1, 0.15) is 39.7 Å². The summed E-state index contributed by atoms with van der Waals surface area (Å²) < 4.78 is 10.6. The standard InChI is InChI=1S/C22H32N4O4/c1-21(2,3)30-20(27)24-17-10-13-26(14-22(17,4)28)12-9-15-8-11-23-16-6-7-18(29-5)25-19(15)16/h6-8,11,17,28H,9-10,12-14H2,1-5H3,(H,24,27). The highest BCUT2D eigenvalue weighted by Gasteiger charge is 2.39. The van der Waals surface area contributed by atoms with Crippen LogP contribution in [0.15, 0.2) is 24.4 Å². The highest BCUT2D eigenvalue weighted by atomic mass is 16.6. The number of piperidine rings is 1. The van der Waals surface area contributed by atoms with Crippen molar-refractivity contribution in [3.8, 4) is 5.88 Å². The number of rotatable bonds is 5. The average molecular weight is 417 g/mol. The van der Waals surface area contributed by atoms with Gasteiger partial charge < -0.3 is 19.9 Å². The molecule has 1 aliphatic heterocycles. The van der Waals surface area contributed by atoms with Crippen LogP contribution in [0, 0.1) is 0 Å². The molecule has 164 valence electrons. The average Bonchev–Trinajstić information content (AvgIpc) is 2.66. The minimum Gasteiger partial charge on any atom is -0.481 e. The van der Waals surface area contributed by atoms with Gasteiger partial charge in [-0.25, -0.2) is 9.78 Å². The van der Waals surface area contributed by atoms with Crippen molar-refractivity contribution >= 4 is 17.1 Å². The van der Waals surface area contributed by atoms with E-state index in [1.165, 1.54) is 0 Å². The first-order valence-electron chi connectivity index (χ1n) is 10.3. The van der Waals surface area contributed by atoms with Crippen molar-refractivity contribution in [2.45, 2.75) is 57.8 Å². The number of ether oxygens (including phenoxy) is 2. The number of carbonyl (C=O) groups is 1. The Morgan fingerprint density at radius 1 is 1.37 bits per heavy atom. The van der Waals surface area contributed by atoms with Crippen LogP contribution in [0.2, 0.25) is 0 Å². The third-order valence-corrected chi connectivity index (χ3v) is 5.27. The van der Waals surface area contributed by atoms with E-state index in [-0.39, 0.29) is 6.04 Å². The van der Waals surface area contributed by atoms with Gasteiger partial charge >= 0.3 is 6.09 Å². The van der Waals surface area contributed by atoms with Crippen LogP contribution in [0.3, 0.4) is 0 Å². The van der Waals surface area contributed by atoms with E-state index < -0.39 is 17.3 Å². The van der Waals surface area contributed by atoms with Crippen LogP contribution >= 0.6 is 0 Å². The van der Waals surface area contributed by atoms with E-state index in [1.807, 2.05) is 32.9 Å². The molecule has 1 amide bonds. The summed E-state index contributed by atoms with van der Waals surface area (Å²) in [5.74, 6) is 0.564. The van der Waals surface area contributed by atoms with Gasteiger partial charge in [-0.3, -0.25) is 9.88 Å². The number of carbonyl (C=O) groups excluding carboxylic acids is 1. The molecule has 2 unspecified atom stereocenters. The van der Waals surface area contributed by atoms with Crippen LogP contribution < -0.4 is 10.1 Å². The third kappa shape index (κ3) is 5.58. The van der Waals surface area contributed by atoms with E-state index in [2.05, 4.69) is 20.2 Å². The fourth-order valence-corrected chi connectivity index (χ4v) is 3.79. The number of fused-ring (bicyclic) bond motifs is 1. The van der Waals surface area contributed by atoms with Gasteiger partial charge in [-0.1, -0.05) is 0 Å². The zero-order valence-corrected chi connectivity index (χ0v) is 18.4. The third-order valence-electron chi connectivity index (χ3n) is 5.27. The molecule has 3 rings (SSSR count). The number of methoxy groups -OCH3 is 1. The molecule has 2 aromatic rings. The van der Waals surface area contributed by atoms with Gasteiger partial charge in [-0.15, -0.1) is 0 Å². The largest absolute Gasteiger partial charge is 0.481 e. The maximum Gasteiger partial charge on any atom is 0.407 e.